The lowest BCUT2D eigenvalue weighted by molar-refractivity contribution is 0.133. The molecule has 0 rings (SSSR count). The van der Waals surface area contributed by atoms with Gasteiger partial charge in [0.15, 0.2) is 0 Å². The fourth-order valence-corrected chi connectivity index (χ4v) is 0.686. The van der Waals surface area contributed by atoms with Gasteiger partial charge in [0, 0.05) is 26.7 Å². The van der Waals surface area contributed by atoms with Crippen LogP contribution in [-0.2, 0) is 9.47 Å². The van der Waals surface area contributed by atoms with Crippen molar-refractivity contribution in [1.82, 2.24) is 16.3 Å². The number of hydrogen-bond donors (Lipinski definition) is 4. The van der Waals surface area contributed by atoms with Gasteiger partial charge in [0.25, 0.3) is 0 Å². The minimum absolute atomic E-state index is 0.635. The monoisotopic (exact) mass is 192 g/mol. The molecule has 0 aliphatic carbocycles. The van der Waals surface area contributed by atoms with E-state index >= 15 is 0 Å². The largest absolute Gasteiger partial charge is 0.383 e. The molecule has 6 heteroatoms. The Labute approximate surface area is 79.1 Å². The predicted octanol–water partition coefficient (Wildman–Crippen LogP) is -1.79. The third-order valence-electron chi connectivity index (χ3n) is 1.32. The van der Waals surface area contributed by atoms with E-state index < -0.39 is 0 Å². The van der Waals surface area contributed by atoms with Gasteiger partial charge in [-0.05, 0) is 0 Å². The van der Waals surface area contributed by atoms with Gasteiger partial charge >= 0.3 is 0 Å². The summed E-state index contributed by atoms with van der Waals surface area (Å²) in [5.41, 5.74) is 8.48. The lowest BCUT2D eigenvalue weighted by Gasteiger charge is -2.06. The summed E-state index contributed by atoms with van der Waals surface area (Å²) in [6, 6.07) is 0. The summed E-state index contributed by atoms with van der Waals surface area (Å²) in [5, 5.41) is 0. The highest BCUT2D eigenvalue weighted by atomic mass is 16.5. The van der Waals surface area contributed by atoms with E-state index in [9.17, 15) is 0 Å². The van der Waals surface area contributed by atoms with Crippen molar-refractivity contribution in [2.75, 3.05) is 46.6 Å². The molecule has 0 aromatic carbocycles. The van der Waals surface area contributed by atoms with Crippen LogP contribution in [0.15, 0.2) is 0 Å². The Bertz CT molecular complexity index is 84.6. The van der Waals surface area contributed by atoms with Gasteiger partial charge in [0.1, 0.15) is 0 Å². The number of rotatable bonds is 10. The van der Waals surface area contributed by atoms with Crippen LogP contribution < -0.4 is 22.1 Å². The van der Waals surface area contributed by atoms with Gasteiger partial charge in [-0.1, -0.05) is 0 Å². The van der Waals surface area contributed by atoms with E-state index in [1.165, 1.54) is 0 Å². The van der Waals surface area contributed by atoms with E-state index in [-0.39, 0.29) is 0 Å². The number of hydrogen-bond acceptors (Lipinski definition) is 6. The van der Waals surface area contributed by atoms with Crippen LogP contribution in [-0.4, -0.2) is 46.6 Å². The van der Waals surface area contributed by atoms with E-state index in [1.54, 1.807) is 7.11 Å². The number of nitrogens with two attached hydrogens (primary N) is 1. The summed E-state index contributed by atoms with van der Waals surface area (Å²) < 4.78 is 10.0. The van der Waals surface area contributed by atoms with Gasteiger partial charge in [0.2, 0.25) is 0 Å². The van der Waals surface area contributed by atoms with Gasteiger partial charge in [0.05, 0.1) is 19.8 Å². The molecule has 0 saturated heterocycles. The SMILES string of the molecule is COCCNNCCOCCNN. The second kappa shape index (κ2) is 11.8. The molecule has 80 valence electrons. The van der Waals surface area contributed by atoms with E-state index in [1.807, 2.05) is 0 Å². The van der Waals surface area contributed by atoms with Gasteiger partial charge in [-0.3, -0.25) is 22.1 Å². The molecule has 0 fully saturated rings. The van der Waals surface area contributed by atoms with E-state index in [0.717, 1.165) is 13.1 Å². The Morgan fingerprint density at radius 3 is 2.23 bits per heavy atom. The highest BCUT2D eigenvalue weighted by molar-refractivity contribution is 4.41. The van der Waals surface area contributed by atoms with Crippen LogP contribution in [0.4, 0.5) is 0 Å². The maximum absolute atomic E-state index is 5.20. The van der Waals surface area contributed by atoms with Crippen LogP contribution in [0.25, 0.3) is 0 Å². The van der Waals surface area contributed by atoms with Crippen LogP contribution in [0.3, 0.4) is 0 Å². The fourth-order valence-electron chi connectivity index (χ4n) is 0.686. The Balaban J connectivity index is 2.76. The lowest BCUT2D eigenvalue weighted by Crippen LogP contribution is -2.37. The van der Waals surface area contributed by atoms with Crippen molar-refractivity contribution in [3.63, 3.8) is 0 Å². The maximum atomic E-state index is 5.20. The molecule has 5 N–H and O–H groups in total. The molecule has 0 radical (unpaired) electrons. The second-order valence-electron chi connectivity index (χ2n) is 2.41. The molecule has 0 atom stereocenters. The molecule has 0 bridgehead atoms. The summed E-state index contributed by atoms with van der Waals surface area (Å²) in [4.78, 5) is 0. The zero-order valence-corrected chi connectivity index (χ0v) is 8.14. The van der Waals surface area contributed by atoms with E-state index in [4.69, 9.17) is 15.3 Å². The summed E-state index contributed by atoms with van der Waals surface area (Å²) in [6.45, 7) is 4.25. The molecule has 0 unspecified atom stereocenters. The fraction of sp³-hybridized carbons (Fsp3) is 1.00. The molecule has 0 aromatic heterocycles. The van der Waals surface area contributed by atoms with Crippen LogP contribution in [0.5, 0.6) is 0 Å². The summed E-state index contributed by atoms with van der Waals surface area (Å²) in [6.07, 6.45) is 0. The van der Waals surface area contributed by atoms with E-state index in [0.29, 0.717) is 26.4 Å². The summed E-state index contributed by atoms with van der Waals surface area (Å²) >= 11 is 0. The smallest absolute Gasteiger partial charge is 0.0605 e. The van der Waals surface area contributed by atoms with Crippen molar-refractivity contribution in [2.45, 2.75) is 0 Å². The Hall–Kier alpha value is -0.240. The third kappa shape index (κ3) is 11.8. The number of hydrazine groups is 2. The zero-order valence-electron chi connectivity index (χ0n) is 8.14. The average Bonchev–Trinajstić information content (AvgIpc) is 2.16. The van der Waals surface area contributed by atoms with Crippen molar-refractivity contribution < 1.29 is 9.47 Å². The molecule has 6 nitrogen and oxygen atoms in total. The average molecular weight is 192 g/mol. The molecule has 0 aliphatic rings. The minimum Gasteiger partial charge on any atom is -0.383 e. The Kier molecular flexibility index (Phi) is 11.5. The molecular formula is C7H20N4O2. The quantitative estimate of drug-likeness (QED) is 0.186. The standard InChI is InChI=1S/C7H20N4O2/c1-12-5-3-10-11-4-7-13-6-2-9-8/h9-11H,2-8H2,1H3. The summed E-state index contributed by atoms with van der Waals surface area (Å²) in [7, 11) is 1.67. The van der Waals surface area contributed by atoms with Crippen LogP contribution in [0, 0.1) is 0 Å². The third-order valence-corrected chi connectivity index (χ3v) is 1.32. The lowest BCUT2D eigenvalue weighted by atomic mass is 10.6. The zero-order chi connectivity index (χ0) is 9.78. The van der Waals surface area contributed by atoms with Gasteiger partial charge in [-0.15, -0.1) is 0 Å². The topological polar surface area (TPSA) is 80.6 Å². The first-order valence-electron chi connectivity index (χ1n) is 4.37. The Morgan fingerprint density at radius 1 is 1.00 bits per heavy atom. The number of nitrogens with one attached hydrogen (secondary N) is 3. The first kappa shape index (κ1) is 12.8. The predicted molar refractivity (Wildman–Crippen MR) is 50.9 cm³/mol. The second-order valence-corrected chi connectivity index (χ2v) is 2.41. The van der Waals surface area contributed by atoms with Crippen molar-refractivity contribution in [2.24, 2.45) is 5.84 Å². The normalized spacial score (nSPS) is 10.6. The number of ether oxygens (including phenoxy) is 2. The van der Waals surface area contributed by atoms with Crippen LogP contribution in [0.2, 0.25) is 0 Å². The molecule has 0 spiro atoms. The van der Waals surface area contributed by atoms with Crippen molar-refractivity contribution in [1.29, 1.82) is 0 Å². The van der Waals surface area contributed by atoms with Crippen LogP contribution >= 0.6 is 0 Å². The van der Waals surface area contributed by atoms with Crippen molar-refractivity contribution >= 4 is 0 Å². The Morgan fingerprint density at radius 2 is 1.62 bits per heavy atom. The number of methoxy groups -OCH3 is 1. The molecule has 0 saturated carbocycles. The molecule has 0 aromatic rings. The van der Waals surface area contributed by atoms with Crippen molar-refractivity contribution in [3.05, 3.63) is 0 Å². The first-order valence-corrected chi connectivity index (χ1v) is 4.37. The van der Waals surface area contributed by atoms with Gasteiger partial charge in [-0.2, -0.15) is 0 Å². The van der Waals surface area contributed by atoms with Gasteiger partial charge in [-0.25, -0.2) is 0 Å². The van der Waals surface area contributed by atoms with E-state index in [2.05, 4.69) is 16.3 Å². The molecule has 13 heavy (non-hydrogen) atoms. The first-order chi connectivity index (χ1) is 6.41. The highest BCUT2D eigenvalue weighted by Crippen LogP contribution is 1.69. The molecule has 0 aliphatic heterocycles. The molecule has 0 amide bonds. The van der Waals surface area contributed by atoms with Crippen LogP contribution in [0.1, 0.15) is 0 Å². The maximum Gasteiger partial charge on any atom is 0.0605 e. The van der Waals surface area contributed by atoms with Gasteiger partial charge < -0.3 is 9.47 Å². The van der Waals surface area contributed by atoms with Crippen molar-refractivity contribution in [3.8, 4) is 0 Å². The molecular weight excluding hydrogens is 172 g/mol. The molecule has 0 heterocycles. The minimum atomic E-state index is 0.635. The summed E-state index contributed by atoms with van der Waals surface area (Å²) in [5.74, 6) is 5.05. The highest BCUT2D eigenvalue weighted by Gasteiger charge is 1.87.